The SMILES string of the molecule is Cc1ccc(-c2cc3c(c(C)c2CC(=O)O)N(CCSc2cn[nH]n2)Cc2cc(F)ccc2-3)cc1. The van der Waals surface area contributed by atoms with Crippen LogP contribution < -0.4 is 4.90 Å². The molecule has 5 rings (SSSR count). The Morgan fingerprint density at radius 1 is 1.11 bits per heavy atom. The van der Waals surface area contributed by atoms with Crippen LogP contribution in [0, 0.1) is 19.7 Å². The van der Waals surface area contributed by atoms with Gasteiger partial charge in [0.25, 0.3) is 0 Å². The Bertz CT molecular complexity index is 1390. The highest BCUT2D eigenvalue weighted by Crippen LogP contribution is 2.46. The van der Waals surface area contributed by atoms with E-state index >= 15 is 0 Å². The lowest BCUT2D eigenvalue weighted by Gasteiger charge is -2.36. The van der Waals surface area contributed by atoms with Crippen molar-refractivity contribution in [2.24, 2.45) is 0 Å². The summed E-state index contributed by atoms with van der Waals surface area (Å²) in [5.74, 6) is -0.376. The maximum atomic E-state index is 14.2. The molecule has 0 spiro atoms. The van der Waals surface area contributed by atoms with Gasteiger partial charge in [-0.2, -0.15) is 10.3 Å². The van der Waals surface area contributed by atoms with E-state index in [2.05, 4.69) is 26.4 Å². The molecule has 4 aromatic rings. The monoisotopic (exact) mass is 488 g/mol. The third-order valence-electron chi connectivity index (χ3n) is 6.41. The Morgan fingerprint density at radius 2 is 1.91 bits per heavy atom. The number of fused-ring (bicyclic) bond motifs is 3. The highest BCUT2D eigenvalue weighted by molar-refractivity contribution is 7.99. The quantitative estimate of drug-likeness (QED) is 0.328. The van der Waals surface area contributed by atoms with Crippen molar-refractivity contribution >= 4 is 23.4 Å². The first kappa shape index (κ1) is 23.1. The molecule has 0 unspecified atom stereocenters. The molecular formula is C27H25FN4O2S. The van der Waals surface area contributed by atoms with Crippen LogP contribution in [-0.2, 0) is 17.8 Å². The van der Waals surface area contributed by atoms with Gasteiger partial charge in [-0.15, -0.1) is 16.9 Å². The third-order valence-corrected chi connectivity index (χ3v) is 7.29. The van der Waals surface area contributed by atoms with Crippen LogP contribution in [0.4, 0.5) is 10.1 Å². The van der Waals surface area contributed by atoms with Crippen LogP contribution in [0.1, 0.15) is 22.3 Å². The number of carboxylic acid groups (broad SMARTS) is 1. The minimum atomic E-state index is -0.868. The molecular weight excluding hydrogens is 463 g/mol. The molecule has 0 aliphatic carbocycles. The van der Waals surface area contributed by atoms with Crippen LogP contribution in [0.5, 0.6) is 0 Å². The Labute approximate surface area is 207 Å². The van der Waals surface area contributed by atoms with E-state index < -0.39 is 5.97 Å². The fourth-order valence-corrected chi connectivity index (χ4v) is 5.54. The van der Waals surface area contributed by atoms with Gasteiger partial charge in [-0.3, -0.25) is 4.79 Å². The van der Waals surface area contributed by atoms with Gasteiger partial charge in [0.05, 0.1) is 12.6 Å². The van der Waals surface area contributed by atoms with E-state index in [9.17, 15) is 14.3 Å². The number of halogens is 1. The molecule has 0 radical (unpaired) electrons. The molecule has 0 saturated heterocycles. The van der Waals surface area contributed by atoms with Crippen molar-refractivity contribution in [3.63, 3.8) is 0 Å². The van der Waals surface area contributed by atoms with Crippen LogP contribution in [0.15, 0.2) is 59.8 Å². The van der Waals surface area contributed by atoms with Crippen molar-refractivity contribution in [1.29, 1.82) is 0 Å². The summed E-state index contributed by atoms with van der Waals surface area (Å²) in [5, 5.41) is 21.1. The zero-order valence-electron chi connectivity index (χ0n) is 19.5. The number of hydrogen-bond donors (Lipinski definition) is 2. The van der Waals surface area contributed by atoms with Gasteiger partial charge < -0.3 is 10.0 Å². The Hall–Kier alpha value is -3.65. The molecule has 0 saturated carbocycles. The molecule has 35 heavy (non-hydrogen) atoms. The van der Waals surface area contributed by atoms with Gasteiger partial charge >= 0.3 is 5.97 Å². The minimum Gasteiger partial charge on any atom is -0.481 e. The first-order valence-electron chi connectivity index (χ1n) is 11.4. The average molecular weight is 489 g/mol. The van der Waals surface area contributed by atoms with Crippen LogP contribution in [0.2, 0.25) is 0 Å². The largest absolute Gasteiger partial charge is 0.481 e. The fraction of sp³-hybridized carbons (Fsp3) is 0.222. The molecule has 1 aliphatic heterocycles. The first-order valence-corrected chi connectivity index (χ1v) is 12.4. The van der Waals surface area contributed by atoms with E-state index in [0.29, 0.717) is 13.1 Å². The van der Waals surface area contributed by atoms with Crippen LogP contribution in [0.3, 0.4) is 0 Å². The van der Waals surface area contributed by atoms with Crippen LogP contribution in [0.25, 0.3) is 22.3 Å². The number of H-pyrrole nitrogens is 1. The molecule has 2 heterocycles. The lowest BCUT2D eigenvalue weighted by atomic mass is 9.84. The second-order valence-electron chi connectivity index (χ2n) is 8.74. The summed E-state index contributed by atoms with van der Waals surface area (Å²) in [7, 11) is 0. The van der Waals surface area contributed by atoms with Gasteiger partial charge in [-0.25, -0.2) is 4.39 Å². The number of carboxylic acids is 1. The van der Waals surface area contributed by atoms with Gasteiger partial charge in [-0.1, -0.05) is 35.9 Å². The van der Waals surface area contributed by atoms with Gasteiger partial charge in [0, 0.05) is 30.1 Å². The van der Waals surface area contributed by atoms with E-state index in [4.69, 9.17) is 0 Å². The van der Waals surface area contributed by atoms with Gasteiger partial charge in [0.1, 0.15) is 10.8 Å². The smallest absolute Gasteiger partial charge is 0.307 e. The molecule has 6 nitrogen and oxygen atoms in total. The molecule has 1 aromatic heterocycles. The zero-order valence-corrected chi connectivity index (χ0v) is 20.3. The number of anilines is 1. The molecule has 2 N–H and O–H groups in total. The van der Waals surface area contributed by atoms with Crippen molar-refractivity contribution < 1.29 is 14.3 Å². The lowest BCUT2D eigenvalue weighted by molar-refractivity contribution is -0.136. The number of aromatic nitrogens is 3. The van der Waals surface area contributed by atoms with Gasteiger partial charge in [0.15, 0.2) is 0 Å². The van der Waals surface area contributed by atoms with Crippen molar-refractivity contribution in [2.75, 3.05) is 17.2 Å². The summed E-state index contributed by atoms with van der Waals surface area (Å²) in [6, 6.07) is 15.1. The summed E-state index contributed by atoms with van der Waals surface area (Å²) in [4.78, 5) is 14.1. The standard InChI is InChI=1S/C27H25FN4O2S/c1-16-3-5-18(6-4-16)23-12-24-21-8-7-20(28)11-19(21)15-32(9-10-35-25-14-29-31-30-25)27(24)17(2)22(23)13-26(33)34/h3-8,11-12,14H,9-10,13,15H2,1-2H3,(H,33,34)(H,29,30,31). The summed E-state index contributed by atoms with van der Waals surface area (Å²) in [6.07, 6.45) is 1.61. The van der Waals surface area contributed by atoms with Crippen molar-refractivity contribution in [2.45, 2.75) is 31.8 Å². The molecule has 1 aliphatic rings. The molecule has 3 aromatic carbocycles. The highest BCUT2D eigenvalue weighted by atomic mass is 32.2. The van der Waals surface area contributed by atoms with Crippen LogP contribution in [-0.4, -0.2) is 38.8 Å². The highest BCUT2D eigenvalue weighted by Gasteiger charge is 2.28. The molecule has 0 fully saturated rings. The fourth-order valence-electron chi connectivity index (χ4n) is 4.78. The Kier molecular flexibility index (Phi) is 6.30. The number of carbonyl (C=O) groups is 1. The molecule has 0 bridgehead atoms. The maximum Gasteiger partial charge on any atom is 0.307 e. The average Bonchev–Trinajstić information content (AvgIpc) is 3.34. The number of aromatic amines is 1. The van der Waals surface area contributed by atoms with E-state index in [1.807, 2.05) is 44.2 Å². The summed E-state index contributed by atoms with van der Waals surface area (Å²) < 4.78 is 14.2. The van der Waals surface area contributed by atoms with E-state index in [0.717, 1.165) is 61.0 Å². The molecule has 8 heteroatoms. The van der Waals surface area contributed by atoms with Gasteiger partial charge in [0.2, 0.25) is 0 Å². The Balaban J connectivity index is 1.65. The second-order valence-corrected chi connectivity index (χ2v) is 9.86. The number of nitrogens with one attached hydrogen (secondary N) is 1. The first-order chi connectivity index (χ1) is 16.9. The maximum absolute atomic E-state index is 14.2. The van der Waals surface area contributed by atoms with Crippen molar-refractivity contribution in [3.05, 3.63) is 82.8 Å². The second kappa shape index (κ2) is 9.54. The summed E-state index contributed by atoms with van der Waals surface area (Å²) >= 11 is 1.59. The topological polar surface area (TPSA) is 82.1 Å². The van der Waals surface area contributed by atoms with E-state index in [1.165, 1.54) is 6.07 Å². The van der Waals surface area contributed by atoms with Crippen LogP contribution >= 0.6 is 11.8 Å². The lowest BCUT2D eigenvalue weighted by Crippen LogP contribution is -2.30. The van der Waals surface area contributed by atoms with E-state index in [-0.39, 0.29) is 12.2 Å². The van der Waals surface area contributed by atoms with Gasteiger partial charge in [-0.05, 0) is 65.4 Å². The molecule has 0 amide bonds. The zero-order chi connectivity index (χ0) is 24.5. The van der Waals surface area contributed by atoms with Crippen molar-refractivity contribution in [1.82, 2.24) is 15.4 Å². The predicted octanol–water partition coefficient (Wildman–Crippen LogP) is 5.63. The number of aryl methyl sites for hydroxylation is 1. The van der Waals surface area contributed by atoms with E-state index in [1.54, 1.807) is 24.0 Å². The number of nitrogens with zero attached hydrogens (tertiary/aromatic N) is 3. The summed E-state index contributed by atoms with van der Waals surface area (Å²) in [5.41, 5.74) is 8.68. The predicted molar refractivity (Wildman–Crippen MR) is 136 cm³/mol. The Morgan fingerprint density at radius 3 is 2.63 bits per heavy atom. The molecule has 0 atom stereocenters. The summed E-state index contributed by atoms with van der Waals surface area (Å²) in [6.45, 7) is 5.27. The minimum absolute atomic E-state index is 0.0693. The number of hydrogen-bond acceptors (Lipinski definition) is 5. The number of rotatable bonds is 7. The normalized spacial score (nSPS) is 12.4. The number of benzene rings is 3. The van der Waals surface area contributed by atoms with Crippen molar-refractivity contribution in [3.8, 4) is 22.3 Å². The third kappa shape index (κ3) is 4.66. The number of aliphatic carboxylic acids is 1. The molecule has 178 valence electrons. The number of thioether (sulfide) groups is 1.